The maximum atomic E-state index is 13.0. The third kappa shape index (κ3) is 3.98. The lowest BCUT2D eigenvalue weighted by Crippen LogP contribution is -2.58. The zero-order valence-electron chi connectivity index (χ0n) is 15.4. The first-order chi connectivity index (χ1) is 12.8. The number of fused-ring (bicyclic) bond motifs is 1. The first kappa shape index (κ1) is 19.0. The topological polar surface area (TPSA) is 78.5 Å². The Hall–Kier alpha value is -2.80. The standard InChI is InChI=1S/C20H21N3O3S/c1-13(24)21-14-8-10-15(11-9-14)27-12-18(25)23-17-7-5-4-6-16(17)22-19(26)20(23,2)3/h4-11H,12H2,1-3H3,(H,21,24)(H,22,26). The Labute approximate surface area is 162 Å². The number of thioether (sulfide) groups is 1. The molecule has 0 spiro atoms. The molecule has 0 unspecified atom stereocenters. The Morgan fingerprint density at radius 3 is 2.44 bits per heavy atom. The molecule has 0 aliphatic carbocycles. The smallest absolute Gasteiger partial charge is 0.250 e. The molecule has 0 fully saturated rings. The molecule has 3 rings (SSSR count). The van der Waals surface area contributed by atoms with Gasteiger partial charge in [-0.1, -0.05) is 12.1 Å². The van der Waals surface area contributed by atoms with Crippen LogP contribution in [-0.4, -0.2) is 29.0 Å². The van der Waals surface area contributed by atoms with Crippen molar-refractivity contribution in [3.8, 4) is 0 Å². The second-order valence-electron chi connectivity index (χ2n) is 6.75. The van der Waals surface area contributed by atoms with E-state index < -0.39 is 5.54 Å². The summed E-state index contributed by atoms with van der Waals surface area (Å²) in [6.07, 6.45) is 0. The first-order valence-electron chi connectivity index (χ1n) is 8.53. The summed E-state index contributed by atoms with van der Waals surface area (Å²) in [4.78, 5) is 39.0. The van der Waals surface area contributed by atoms with Gasteiger partial charge in [-0.15, -0.1) is 11.8 Å². The van der Waals surface area contributed by atoms with Gasteiger partial charge in [0, 0.05) is 17.5 Å². The van der Waals surface area contributed by atoms with Gasteiger partial charge < -0.3 is 10.6 Å². The van der Waals surface area contributed by atoms with Gasteiger partial charge in [0.1, 0.15) is 5.54 Å². The molecule has 2 aromatic rings. The van der Waals surface area contributed by atoms with Gasteiger partial charge in [-0.2, -0.15) is 0 Å². The Morgan fingerprint density at radius 1 is 1.11 bits per heavy atom. The molecule has 140 valence electrons. The monoisotopic (exact) mass is 383 g/mol. The molecular weight excluding hydrogens is 362 g/mol. The molecule has 7 heteroatoms. The van der Waals surface area contributed by atoms with Gasteiger partial charge in [-0.05, 0) is 50.2 Å². The number of anilines is 3. The molecule has 1 aliphatic rings. The highest BCUT2D eigenvalue weighted by Crippen LogP contribution is 2.37. The highest BCUT2D eigenvalue weighted by atomic mass is 32.2. The van der Waals surface area contributed by atoms with Crippen molar-refractivity contribution in [3.05, 3.63) is 48.5 Å². The number of hydrogen-bond donors (Lipinski definition) is 2. The Morgan fingerprint density at radius 2 is 1.78 bits per heavy atom. The SMILES string of the molecule is CC(=O)Nc1ccc(SCC(=O)N2c3ccccc3NC(=O)C2(C)C)cc1. The van der Waals surface area contributed by atoms with E-state index in [2.05, 4.69) is 10.6 Å². The number of nitrogens with zero attached hydrogens (tertiary/aromatic N) is 1. The second kappa shape index (κ2) is 7.44. The Kier molecular flexibility index (Phi) is 5.23. The third-order valence-corrected chi connectivity index (χ3v) is 5.29. The third-order valence-electron chi connectivity index (χ3n) is 4.29. The van der Waals surface area contributed by atoms with Crippen LogP contribution in [0.3, 0.4) is 0 Å². The van der Waals surface area contributed by atoms with Gasteiger partial charge in [-0.25, -0.2) is 0 Å². The predicted molar refractivity (Wildman–Crippen MR) is 108 cm³/mol. The van der Waals surface area contributed by atoms with Crippen molar-refractivity contribution in [2.75, 3.05) is 21.3 Å². The highest BCUT2D eigenvalue weighted by molar-refractivity contribution is 8.00. The average Bonchev–Trinajstić information content (AvgIpc) is 2.61. The summed E-state index contributed by atoms with van der Waals surface area (Å²) in [5, 5.41) is 5.56. The first-order valence-corrected chi connectivity index (χ1v) is 9.51. The second-order valence-corrected chi connectivity index (χ2v) is 7.80. The Bertz CT molecular complexity index is 894. The number of nitrogens with one attached hydrogen (secondary N) is 2. The highest BCUT2D eigenvalue weighted by Gasteiger charge is 2.43. The molecular formula is C20H21N3O3S. The quantitative estimate of drug-likeness (QED) is 0.792. The van der Waals surface area contributed by atoms with E-state index in [0.717, 1.165) is 4.90 Å². The Balaban J connectivity index is 1.75. The molecule has 6 nitrogen and oxygen atoms in total. The maximum absolute atomic E-state index is 13.0. The number of para-hydroxylation sites is 2. The minimum atomic E-state index is -0.971. The van der Waals surface area contributed by atoms with Crippen molar-refractivity contribution in [2.24, 2.45) is 0 Å². The number of carbonyl (C=O) groups is 3. The minimum Gasteiger partial charge on any atom is -0.326 e. The molecule has 0 atom stereocenters. The van der Waals surface area contributed by atoms with Crippen LogP contribution in [0.1, 0.15) is 20.8 Å². The van der Waals surface area contributed by atoms with Crippen LogP contribution in [0.25, 0.3) is 0 Å². The van der Waals surface area contributed by atoms with E-state index in [-0.39, 0.29) is 23.5 Å². The van der Waals surface area contributed by atoms with E-state index in [0.29, 0.717) is 17.1 Å². The summed E-state index contributed by atoms with van der Waals surface area (Å²) in [6, 6.07) is 14.6. The minimum absolute atomic E-state index is 0.130. The summed E-state index contributed by atoms with van der Waals surface area (Å²) < 4.78 is 0. The molecule has 27 heavy (non-hydrogen) atoms. The molecule has 0 bridgehead atoms. The summed E-state index contributed by atoms with van der Waals surface area (Å²) in [5.74, 6) is -0.280. The molecule has 1 aliphatic heterocycles. The lowest BCUT2D eigenvalue weighted by Gasteiger charge is -2.42. The van der Waals surface area contributed by atoms with E-state index in [9.17, 15) is 14.4 Å². The predicted octanol–water partition coefficient (Wildman–Crippen LogP) is 3.50. The summed E-state index contributed by atoms with van der Waals surface area (Å²) in [7, 11) is 0. The van der Waals surface area contributed by atoms with Crippen LogP contribution in [0.5, 0.6) is 0 Å². The normalized spacial score (nSPS) is 14.9. The van der Waals surface area contributed by atoms with Crippen LogP contribution in [0.4, 0.5) is 17.1 Å². The number of carbonyl (C=O) groups excluding carboxylic acids is 3. The van der Waals surface area contributed by atoms with E-state index in [1.54, 1.807) is 36.9 Å². The average molecular weight is 383 g/mol. The fraction of sp³-hybridized carbons (Fsp3) is 0.250. The summed E-state index contributed by atoms with van der Waals surface area (Å²) in [6.45, 7) is 4.93. The lowest BCUT2D eigenvalue weighted by atomic mass is 9.96. The van der Waals surface area contributed by atoms with Crippen molar-refractivity contribution < 1.29 is 14.4 Å². The summed E-state index contributed by atoms with van der Waals surface area (Å²) in [5.41, 5.74) is 1.08. The lowest BCUT2D eigenvalue weighted by molar-refractivity contribution is -0.125. The largest absolute Gasteiger partial charge is 0.326 e. The van der Waals surface area contributed by atoms with Gasteiger partial charge in [0.05, 0.1) is 17.1 Å². The van der Waals surface area contributed by atoms with Crippen LogP contribution in [0.15, 0.2) is 53.4 Å². The van der Waals surface area contributed by atoms with Crippen LogP contribution < -0.4 is 15.5 Å². The zero-order valence-corrected chi connectivity index (χ0v) is 16.2. The summed E-state index contributed by atoms with van der Waals surface area (Å²) >= 11 is 1.39. The number of amides is 3. The fourth-order valence-electron chi connectivity index (χ4n) is 2.95. The molecule has 2 N–H and O–H groups in total. The fourth-order valence-corrected chi connectivity index (χ4v) is 3.69. The molecule has 1 heterocycles. The van der Waals surface area contributed by atoms with Crippen molar-refractivity contribution in [3.63, 3.8) is 0 Å². The van der Waals surface area contributed by atoms with E-state index in [4.69, 9.17) is 0 Å². The molecule has 0 saturated heterocycles. The van der Waals surface area contributed by atoms with Crippen molar-refractivity contribution in [1.29, 1.82) is 0 Å². The van der Waals surface area contributed by atoms with Crippen molar-refractivity contribution in [1.82, 2.24) is 0 Å². The van der Waals surface area contributed by atoms with Crippen LogP contribution in [0.2, 0.25) is 0 Å². The molecule has 2 aromatic carbocycles. The number of benzene rings is 2. The van der Waals surface area contributed by atoms with E-state index in [1.165, 1.54) is 18.7 Å². The number of rotatable bonds is 4. The van der Waals surface area contributed by atoms with Gasteiger partial charge in [-0.3, -0.25) is 19.3 Å². The number of hydrogen-bond acceptors (Lipinski definition) is 4. The molecule has 0 saturated carbocycles. The van der Waals surface area contributed by atoms with Crippen LogP contribution in [0, 0.1) is 0 Å². The van der Waals surface area contributed by atoms with Gasteiger partial charge in [0.15, 0.2) is 0 Å². The maximum Gasteiger partial charge on any atom is 0.250 e. The van der Waals surface area contributed by atoms with E-state index >= 15 is 0 Å². The molecule has 3 amide bonds. The van der Waals surface area contributed by atoms with Crippen LogP contribution in [-0.2, 0) is 14.4 Å². The van der Waals surface area contributed by atoms with Gasteiger partial charge >= 0.3 is 0 Å². The van der Waals surface area contributed by atoms with E-state index in [1.807, 2.05) is 30.3 Å². The van der Waals surface area contributed by atoms with Crippen molar-refractivity contribution >= 4 is 46.5 Å². The molecule has 0 radical (unpaired) electrons. The zero-order chi connectivity index (χ0) is 19.6. The molecule has 0 aromatic heterocycles. The van der Waals surface area contributed by atoms with Gasteiger partial charge in [0.2, 0.25) is 17.7 Å². The van der Waals surface area contributed by atoms with Crippen molar-refractivity contribution in [2.45, 2.75) is 31.2 Å². The van der Waals surface area contributed by atoms with Crippen LogP contribution >= 0.6 is 11.8 Å². The van der Waals surface area contributed by atoms with Gasteiger partial charge in [0.25, 0.3) is 0 Å².